The van der Waals surface area contributed by atoms with Crippen LogP contribution in [0.2, 0.25) is 0 Å². The SMILES string of the molecule is C[C@]1(c2cc(NC(=O)c3ccc(C(F)(F)F)cn3)ccc2F)N=C(N)[C@@]2(CF)CC[C@@H]1S2(O)O. The molecule has 5 N–H and O–H groups in total. The van der Waals surface area contributed by atoms with Crippen LogP contribution < -0.4 is 11.1 Å². The number of amidine groups is 1. The number of carbonyl (C=O) groups excluding carboxylic acids is 1. The van der Waals surface area contributed by atoms with E-state index >= 15 is 0 Å². The molecule has 1 fully saturated rings. The maximum Gasteiger partial charge on any atom is 0.417 e. The summed E-state index contributed by atoms with van der Waals surface area (Å²) >= 11 is 0. The molecule has 7 nitrogen and oxygen atoms in total. The van der Waals surface area contributed by atoms with Gasteiger partial charge in [-0.15, -0.1) is 0 Å². The van der Waals surface area contributed by atoms with Crippen molar-refractivity contribution in [2.45, 2.75) is 41.5 Å². The highest BCUT2D eigenvalue weighted by Gasteiger charge is 2.65. The highest BCUT2D eigenvalue weighted by Crippen LogP contribution is 2.71. The number of nitrogens with two attached hydrogens (primary N) is 1. The van der Waals surface area contributed by atoms with Gasteiger partial charge in [-0.2, -0.15) is 23.8 Å². The third-order valence-corrected chi connectivity index (χ3v) is 9.70. The van der Waals surface area contributed by atoms with Crippen LogP contribution in [-0.4, -0.2) is 42.5 Å². The largest absolute Gasteiger partial charge is 0.417 e. The predicted molar refractivity (Wildman–Crippen MR) is 117 cm³/mol. The molecule has 1 aromatic carbocycles. The number of aliphatic imine (C=N–C) groups is 1. The van der Waals surface area contributed by atoms with Gasteiger partial charge in [0.1, 0.15) is 34.3 Å². The maximum atomic E-state index is 14.9. The normalized spacial score (nSPS) is 28.8. The Morgan fingerprint density at radius 2 is 2.00 bits per heavy atom. The number of anilines is 1. The van der Waals surface area contributed by atoms with Gasteiger partial charge in [0.2, 0.25) is 0 Å². The van der Waals surface area contributed by atoms with Crippen LogP contribution in [-0.2, 0) is 11.7 Å². The molecule has 1 aromatic heterocycles. The number of hydrogen-bond donors (Lipinski definition) is 4. The lowest BCUT2D eigenvalue weighted by molar-refractivity contribution is -0.137. The molecule has 2 aliphatic rings. The lowest BCUT2D eigenvalue weighted by Gasteiger charge is -2.54. The maximum absolute atomic E-state index is 14.9. The highest BCUT2D eigenvalue weighted by atomic mass is 32.3. The van der Waals surface area contributed by atoms with E-state index in [2.05, 4.69) is 15.3 Å². The monoisotopic (exact) mass is 504 g/mol. The Labute approximate surface area is 192 Å². The minimum Gasteiger partial charge on any atom is -0.386 e. The van der Waals surface area contributed by atoms with Gasteiger partial charge in [-0.1, -0.05) is 0 Å². The number of nitrogens with one attached hydrogen (secondary N) is 1. The molecular formula is C21H21F5N4O3S. The van der Waals surface area contributed by atoms with E-state index in [4.69, 9.17) is 5.73 Å². The first kappa shape index (κ1) is 24.4. The molecule has 184 valence electrons. The molecule has 34 heavy (non-hydrogen) atoms. The second kappa shape index (κ2) is 7.89. The number of pyridine rings is 1. The Hall–Kier alpha value is -2.77. The van der Waals surface area contributed by atoms with Crippen LogP contribution in [0.4, 0.5) is 27.6 Å². The number of carbonyl (C=O) groups is 1. The summed E-state index contributed by atoms with van der Waals surface area (Å²) in [6.07, 6.45) is -3.91. The molecule has 2 aromatic rings. The molecule has 0 spiro atoms. The van der Waals surface area contributed by atoms with Gasteiger partial charge in [0.15, 0.2) is 0 Å². The van der Waals surface area contributed by atoms with E-state index in [0.717, 1.165) is 12.1 Å². The Kier molecular flexibility index (Phi) is 5.65. The zero-order valence-electron chi connectivity index (χ0n) is 17.7. The molecule has 1 saturated heterocycles. The third-order valence-electron chi connectivity index (χ3n) is 6.54. The lowest BCUT2D eigenvalue weighted by Crippen LogP contribution is -2.55. The van der Waals surface area contributed by atoms with E-state index in [1.165, 1.54) is 19.1 Å². The lowest BCUT2D eigenvalue weighted by atomic mass is 9.86. The molecule has 3 atom stereocenters. The Morgan fingerprint density at radius 3 is 2.59 bits per heavy atom. The van der Waals surface area contributed by atoms with Gasteiger partial charge in [0, 0.05) is 17.4 Å². The van der Waals surface area contributed by atoms with Crippen molar-refractivity contribution in [1.29, 1.82) is 0 Å². The van der Waals surface area contributed by atoms with E-state index in [0.29, 0.717) is 12.3 Å². The van der Waals surface area contributed by atoms with Crippen molar-refractivity contribution >= 4 is 28.0 Å². The first-order valence-corrected chi connectivity index (χ1v) is 11.7. The Balaban J connectivity index is 1.67. The minimum absolute atomic E-state index is 0.0407. The van der Waals surface area contributed by atoms with E-state index in [-0.39, 0.29) is 35.6 Å². The number of benzene rings is 1. The number of amides is 1. The Bertz CT molecular complexity index is 1170. The van der Waals surface area contributed by atoms with Gasteiger partial charge in [-0.3, -0.25) is 23.9 Å². The van der Waals surface area contributed by atoms with Crippen molar-refractivity contribution in [2.24, 2.45) is 10.7 Å². The quantitative estimate of drug-likeness (QED) is 0.450. The van der Waals surface area contributed by atoms with Gasteiger partial charge >= 0.3 is 6.18 Å². The van der Waals surface area contributed by atoms with Crippen molar-refractivity contribution in [3.8, 4) is 0 Å². The number of hydrogen-bond acceptors (Lipinski definition) is 6. The summed E-state index contributed by atoms with van der Waals surface area (Å²) < 4.78 is 87.0. The van der Waals surface area contributed by atoms with Crippen molar-refractivity contribution in [3.63, 3.8) is 0 Å². The number of aromatic nitrogens is 1. The molecule has 2 aliphatic heterocycles. The van der Waals surface area contributed by atoms with E-state index in [1.807, 2.05) is 0 Å². The van der Waals surface area contributed by atoms with Crippen LogP contribution >= 0.6 is 10.6 Å². The fourth-order valence-corrected chi connectivity index (χ4v) is 7.33. The minimum atomic E-state index is -4.61. The number of fused-ring (bicyclic) bond motifs is 2. The molecule has 4 rings (SSSR count). The molecular weight excluding hydrogens is 483 g/mol. The van der Waals surface area contributed by atoms with Crippen LogP contribution in [0.1, 0.15) is 41.4 Å². The first-order valence-electron chi connectivity index (χ1n) is 10.1. The highest BCUT2D eigenvalue weighted by molar-refractivity contribution is 8.26. The van der Waals surface area contributed by atoms with E-state index in [9.17, 15) is 35.9 Å². The average Bonchev–Trinajstić information content (AvgIpc) is 2.97. The second-order valence-corrected chi connectivity index (χ2v) is 11.0. The summed E-state index contributed by atoms with van der Waals surface area (Å²) in [5.41, 5.74) is 3.05. The van der Waals surface area contributed by atoms with Gasteiger partial charge in [0.25, 0.3) is 5.91 Å². The van der Waals surface area contributed by atoms with E-state index < -0.39 is 56.3 Å². The average molecular weight is 504 g/mol. The van der Waals surface area contributed by atoms with Crippen LogP contribution in [0, 0.1) is 5.82 Å². The van der Waals surface area contributed by atoms with Crippen molar-refractivity contribution in [1.82, 2.24) is 4.98 Å². The van der Waals surface area contributed by atoms with Crippen molar-refractivity contribution in [3.05, 3.63) is 59.2 Å². The molecule has 0 radical (unpaired) electrons. The number of nitrogens with zero attached hydrogens (tertiary/aromatic N) is 2. The summed E-state index contributed by atoms with van der Waals surface area (Å²) in [5.74, 6) is -1.92. The Morgan fingerprint density at radius 1 is 1.29 bits per heavy atom. The number of halogens is 5. The van der Waals surface area contributed by atoms with Gasteiger partial charge in [0.05, 0.1) is 10.8 Å². The summed E-state index contributed by atoms with van der Waals surface area (Å²) in [7, 11) is -3.64. The van der Waals surface area contributed by atoms with Gasteiger partial charge in [-0.05, 0) is 50.1 Å². The summed E-state index contributed by atoms with van der Waals surface area (Å²) in [5, 5.41) is 1.41. The summed E-state index contributed by atoms with van der Waals surface area (Å²) in [6.45, 7) is 0.337. The number of rotatable bonds is 4. The molecule has 3 heterocycles. The molecule has 0 aliphatic carbocycles. The fraction of sp³-hybridized carbons (Fsp3) is 0.381. The molecule has 0 saturated carbocycles. The topological polar surface area (TPSA) is 121 Å². The second-order valence-electron chi connectivity index (χ2n) is 8.47. The van der Waals surface area contributed by atoms with Crippen LogP contribution in [0.15, 0.2) is 41.5 Å². The van der Waals surface area contributed by atoms with Crippen LogP contribution in [0.5, 0.6) is 0 Å². The molecule has 1 amide bonds. The molecule has 0 unspecified atom stereocenters. The first-order chi connectivity index (χ1) is 15.8. The number of alkyl halides is 4. The van der Waals surface area contributed by atoms with Crippen LogP contribution in [0.3, 0.4) is 0 Å². The van der Waals surface area contributed by atoms with Gasteiger partial charge < -0.3 is 11.1 Å². The predicted octanol–water partition coefficient (Wildman–Crippen LogP) is 4.70. The smallest absolute Gasteiger partial charge is 0.386 e. The van der Waals surface area contributed by atoms with Gasteiger partial charge in [-0.25, -0.2) is 8.78 Å². The standard InChI is InChI=1S/C21H21F5N4O3S/c1-19(16-6-7-20(10-22,18(27)30-19)34(16,32)33)13-8-12(3-4-14(13)23)29-17(31)15-5-2-11(9-28-15)21(24,25)26/h2-5,8-9,16,32-33H,6-7,10H2,1H3,(H2,27,30)(H,29,31)/t16-,19+,20-/m0/s1. The zero-order chi connectivity index (χ0) is 25.1. The van der Waals surface area contributed by atoms with E-state index in [1.54, 1.807) is 0 Å². The summed E-state index contributed by atoms with van der Waals surface area (Å²) in [6, 6.07) is 5.09. The fourth-order valence-electron chi connectivity index (χ4n) is 4.59. The molecule has 2 bridgehead atoms. The van der Waals surface area contributed by atoms with Crippen molar-refractivity contribution < 1.29 is 35.9 Å². The molecule has 13 heteroatoms. The summed E-state index contributed by atoms with van der Waals surface area (Å²) in [4.78, 5) is 20.3. The zero-order valence-corrected chi connectivity index (χ0v) is 18.6. The van der Waals surface area contributed by atoms with Crippen molar-refractivity contribution in [2.75, 3.05) is 12.0 Å². The third kappa shape index (κ3) is 3.53. The van der Waals surface area contributed by atoms with Crippen LogP contribution in [0.25, 0.3) is 0 Å².